The normalized spacial score (nSPS) is 13.7. The largest absolute Gasteiger partial charge is 0.465 e. The predicted molar refractivity (Wildman–Crippen MR) is 153 cm³/mol. The lowest BCUT2D eigenvalue weighted by Crippen LogP contribution is -2.11. The molecule has 11 heteroatoms. The summed E-state index contributed by atoms with van der Waals surface area (Å²) in [5.41, 5.74) is 2.04. The molecule has 8 nitrogen and oxygen atoms in total. The highest BCUT2D eigenvalue weighted by molar-refractivity contribution is 5.93. The average Bonchev–Trinajstić information content (AvgIpc) is 3.61. The zero-order chi connectivity index (χ0) is 31.0. The summed E-state index contributed by atoms with van der Waals surface area (Å²) in [6, 6.07) is 17.9. The number of aromatic nitrogens is 2. The number of nitrogens with zero attached hydrogens (tertiary/aromatic N) is 3. The summed E-state index contributed by atoms with van der Waals surface area (Å²) < 4.78 is 69.5. The second kappa shape index (κ2) is 11.7. The number of carbonyl (C=O) groups is 1. The zero-order valence-electron chi connectivity index (χ0n) is 23.6. The summed E-state index contributed by atoms with van der Waals surface area (Å²) in [4.78, 5) is 16.7. The first kappa shape index (κ1) is 28.8. The van der Waals surface area contributed by atoms with Crippen LogP contribution in [0.15, 0.2) is 66.7 Å². The summed E-state index contributed by atoms with van der Waals surface area (Å²) in [5.74, 6) is -1.93. The van der Waals surface area contributed by atoms with Gasteiger partial charge in [-0.25, -0.2) is 22.9 Å². The number of rotatable bonds is 8. The molecule has 0 fully saturated rings. The van der Waals surface area contributed by atoms with Crippen LogP contribution in [0.25, 0.3) is 22.2 Å². The summed E-state index contributed by atoms with van der Waals surface area (Å²) >= 11 is 0. The van der Waals surface area contributed by atoms with E-state index in [-0.39, 0.29) is 40.2 Å². The van der Waals surface area contributed by atoms with Gasteiger partial charge in [0.1, 0.15) is 23.3 Å². The van der Waals surface area contributed by atoms with Crippen molar-refractivity contribution in [1.29, 1.82) is 5.26 Å². The highest BCUT2D eigenvalue weighted by atomic mass is 19.1. The number of benzene rings is 4. The van der Waals surface area contributed by atoms with E-state index in [1.807, 2.05) is 6.07 Å². The number of carbonyl (C=O) groups excluding carboxylic acids is 1. The molecule has 1 atom stereocenters. The number of para-hydroxylation sites is 1. The number of hydrogen-bond donors (Lipinski definition) is 0. The minimum atomic E-state index is -1.15. The second-order valence-corrected chi connectivity index (χ2v) is 10.0. The van der Waals surface area contributed by atoms with Crippen LogP contribution in [0, 0.1) is 28.8 Å². The highest BCUT2D eigenvalue weighted by Crippen LogP contribution is 2.47. The van der Waals surface area contributed by atoms with Gasteiger partial charge in [-0.15, -0.1) is 0 Å². The molecular weight excluding hydrogens is 575 g/mol. The Bertz CT molecular complexity index is 1940. The first-order valence-electron chi connectivity index (χ1n) is 13.5. The van der Waals surface area contributed by atoms with Crippen LogP contribution in [0.5, 0.6) is 11.5 Å². The fraction of sp³-hybridized carbons (Fsp3) is 0.182. The first-order chi connectivity index (χ1) is 21.3. The molecule has 6 rings (SSSR count). The monoisotopic (exact) mass is 599 g/mol. The van der Waals surface area contributed by atoms with E-state index in [4.69, 9.17) is 24.2 Å². The van der Waals surface area contributed by atoms with E-state index in [0.29, 0.717) is 41.1 Å². The Hall–Kier alpha value is -5.34. The number of ether oxygens (including phenoxy) is 4. The maximum atomic E-state index is 15.6. The van der Waals surface area contributed by atoms with Crippen molar-refractivity contribution in [3.63, 3.8) is 0 Å². The van der Waals surface area contributed by atoms with Crippen LogP contribution in [0.2, 0.25) is 0 Å². The molecule has 0 aliphatic carbocycles. The Morgan fingerprint density at radius 3 is 2.50 bits per heavy atom. The van der Waals surface area contributed by atoms with Crippen molar-refractivity contribution < 1.29 is 36.9 Å². The first-order valence-corrected chi connectivity index (χ1v) is 13.5. The van der Waals surface area contributed by atoms with E-state index in [9.17, 15) is 9.18 Å². The molecule has 0 N–H and O–H groups in total. The smallest absolute Gasteiger partial charge is 0.337 e. The molecule has 1 aromatic heterocycles. The Morgan fingerprint density at radius 2 is 1.80 bits per heavy atom. The molecule has 0 saturated carbocycles. The third-order valence-corrected chi connectivity index (χ3v) is 7.38. The second-order valence-electron chi connectivity index (χ2n) is 10.0. The molecule has 0 radical (unpaired) electrons. The minimum absolute atomic E-state index is 0.0777. The molecule has 0 bridgehead atoms. The van der Waals surface area contributed by atoms with Crippen molar-refractivity contribution in [2.45, 2.75) is 19.3 Å². The lowest BCUT2D eigenvalue weighted by atomic mass is 10.00. The van der Waals surface area contributed by atoms with Crippen molar-refractivity contribution >= 4 is 17.0 Å². The fourth-order valence-electron chi connectivity index (χ4n) is 5.19. The third kappa shape index (κ3) is 5.20. The van der Waals surface area contributed by atoms with E-state index in [0.717, 1.165) is 6.07 Å². The quantitative estimate of drug-likeness (QED) is 0.188. The zero-order valence-corrected chi connectivity index (χ0v) is 23.6. The Balaban J connectivity index is 1.33. The molecule has 0 spiro atoms. The molecule has 1 unspecified atom stereocenters. The standard InChI is InChI=1S/C33H24F3N3O5/c1-41-11-10-39-28-15-19(32(40)42-2)7-9-27(28)38-30(39)16-23-25(35)13-20(14-26(23)36)21-4-3-5-29-31(21)44-33(43-29)22-8-6-18(17-37)12-24(22)34/h3-9,12-15,33H,10-11,16H2,1-2H3. The summed E-state index contributed by atoms with van der Waals surface area (Å²) in [5, 5.41) is 9.02. The summed E-state index contributed by atoms with van der Waals surface area (Å²) in [7, 11) is 2.82. The predicted octanol–water partition coefficient (Wildman–Crippen LogP) is 6.49. The average molecular weight is 600 g/mol. The number of hydrogen-bond acceptors (Lipinski definition) is 7. The van der Waals surface area contributed by atoms with Gasteiger partial charge in [-0.1, -0.05) is 12.1 Å². The molecule has 2 heterocycles. The van der Waals surface area contributed by atoms with Gasteiger partial charge in [-0.05, 0) is 60.2 Å². The molecular formula is C33H24F3N3O5. The van der Waals surface area contributed by atoms with E-state index in [2.05, 4.69) is 4.98 Å². The number of methoxy groups -OCH3 is 2. The lowest BCUT2D eigenvalue weighted by Gasteiger charge is -2.13. The Kier molecular flexibility index (Phi) is 7.67. The van der Waals surface area contributed by atoms with Crippen molar-refractivity contribution in [2.75, 3.05) is 20.8 Å². The van der Waals surface area contributed by atoms with Gasteiger partial charge in [-0.3, -0.25) is 0 Å². The van der Waals surface area contributed by atoms with Crippen molar-refractivity contribution in [3.05, 3.63) is 112 Å². The summed E-state index contributed by atoms with van der Waals surface area (Å²) in [6.45, 7) is 0.641. The number of nitriles is 1. The highest BCUT2D eigenvalue weighted by Gasteiger charge is 2.31. The molecule has 222 valence electrons. The van der Waals surface area contributed by atoms with Crippen molar-refractivity contribution in [3.8, 4) is 28.7 Å². The van der Waals surface area contributed by atoms with Crippen LogP contribution in [0.4, 0.5) is 13.2 Å². The number of imidazole rings is 1. The molecule has 4 aromatic carbocycles. The molecule has 1 aliphatic heterocycles. The van der Waals surface area contributed by atoms with Gasteiger partial charge < -0.3 is 23.5 Å². The van der Waals surface area contributed by atoms with Crippen LogP contribution < -0.4 is 9.47 Å². The van der Waals surface area contributed by atoms with E-state index in [1.54, 1.807) is 41.0 Å². The van der Waals surface area contributed by atoms with E-state index < -0.39 is 29.7 Å². The van der Waals surface area contributed by atoms with Gasteiger partial charge in [0.15, 0.2) is 11.5 Å². The molecule has 44 heavy (non-hydrogen) atoms. The van der Waals surface area contributed by atoms with Gasteiger partial charge in [0, 0.05) is 31.2 Å². The van der Waals surface area contributed by atoms with E-state index >= 15 is 8.78 Å². The number of halogens is 3. The maximum Gasteiger partial charge on any atom is 0.337 e. The fourth-order valence-corrected chi connectivity index (χ4v) is 5.19. The van der Waals surface area contributed by atoms with Crippen LogP contribution in [0.3, 0.4) is 0 Å². The minimum Gasteiger partial charge on any atom is -0.465 e. The van der Waals surface area contributed by atoms with Gasteiger partial charge in [0.2, 0.25) is 0 Å². The Morgan fingerprint density at radius 1 is 1.00 bits per heavy atom. The molecule has 0 amide bonds. The summed E-state index contributed by atoms with van der Waals surface area (Å²) in [6.07, 6.45) is -1.32. The Labute approximate surface area is 249 Å². The van der Waals surface area contributed by atoms with Crippen molar-refractivity contribution in [1.82, 2.24) is 9.55 Å². The lowest BCUT2D eigenvalue weighted by molar-refractivity contribution is 0.0456. The third-order valence-electron chi connectivity index (χ3n) is 7.38. The van der Waals surface area contributed by atoms with Gasteiger partial charge in [0.05, 0.1) is 47.5 Å². The van der Waals surface area contributed by atoms with Crippen LogP contribution >= 0.6 is 0 Å². The number of esters is 1. The molecule has 0 saturated heterocycles. The molecule has 1 aliphatic rings. The van der Waals surface area contributed by atoms with Crippen LogP contribution in [-0.2, 0) is 22.4 Å². The van der Waals surface area contributed by atoms with Gasteiger partial charge in [0.25, 0.3) is 6.29 Å². The van der Waals surface area contributed by atoms with Crippen LogP contribution in [0.1, 0.15) is 39.2 Å². The van der Waals surface area contributed by atoms with Crippen molar-refractivity contribution in [2.24, 2.45) is 0 Å². The number of fused-ring (bicyclic) bond motifs is 2. The van der Waals surface area contributed by atoms with Gasteiger partial charge >= 0.3 is 5.97 Å². The van der Waals surface area contributed by atoms with Gasteiger partial charge in [-0.2, -0.15) is 5.26 Å². The topological polar surface area (TPSA) is 95.6 Å². The van der Waals surface area contributed by atoms with Crippen LogP contribution in [-0.4, -0.2) is 36.3 Å². The molecule has 5 aromatic rings. The maximum absolute atomic E-state index is 15.6. The van der Waals surface area contributed by atoms with E-state index in [1.165, 1.54) is 38.5 Å². The SMILES string of the molecule is COCCn1c(Cc2c(F)cc(-c3cccc4c3OC(c3ccc(C#N)cc3F)O4)cc2F)nc2ccc(C(=O)OC)cc21.